The molecular formula is C12H10ClFN2O4. The van der Waals surface area contributed by atoms with Crippen LogP contribution >= 0.6 is 11.6 Å². The van der Waals surface area contributed by atoms with Crippen LogP contribution in [0, 0.1) is 0 Å². The van der Waals surface area contributed by atoms with Crippen LogP contribution in [0.15, 0.2) is 18.2 Å². The summed E-state index contributed by atoms with van der Waals surface area (Å²) in [6.07, 6.45) is 0. The molecule has 2 heterocycles. The van der Waals surface area contributed by atoms with Gasteiger partial charge in [0.15, 0.2) is 11.5 Å². The molecule has 20 heavy (non-hydrogen) atoms. The smallest absolute Gasteiger partial charge is 0.397 e. The highest BCUT2D eigenvalue weighted by Gasteiger charge is 2.26. The number of alkyl halides is 1. The summed E-state index contributed by atoms with van der Waals surface area (Å²) in [6, 6.07) is 4.77. The molecule has 0 spiro atoms. The van der Waals surface area contributed by atoms with Crippen molar-refractivity contribution in [3.05, 3.63) is 28.9 Å². The Kier molecular flexibility index (Phi) is 3.25. The van der Waals surface area contributed by atoms with E-state index in [1.807, 2.05) is 0 Å². The highest BCUT2D eigenvalue weighted by atomic mass is 35.5. The molecule has 1 N–H and O–H groups in total. The molecule has 2 aromatic rings. The Hall–Kier alpha value is -1.83. The first kappa shape index (κ1) is 13.2. The Morgan fingerprint density at radius 3 is 2.80 bits per heavy atom. The number of ether oxygens (including phenoxy) is 2. The van der Waals surface area contributed by atoms with Crippen LogP contribution in [-0.4, -0.2) is 21.6 Å². The lowest BCUT2D eigenvalue weighted by atomic mass is 10.1. The molecule has 0 radical (unpaired) electrons. The van der Waals surface area contributed by atoms with E-state index in [0.29, 0.717) is 22.0 Å². The van der Waals surface area contributed by atoms with Gasteiger partial charge in [-0.2, -0.15) is 9.49 Å². The fourth-order valence-corrected chi connectivity index (χ4v) is 2.31. The normalized spacial score (nSPS) is 16.7. The van der Waals surface area contributed by atoms with Crippen LogP contribution in [0.3, 0.4) is 0 Å². The SMILES string of the molecule is Cn1nc(COO)cc1-c1cc2c(cc1Cl)OC(F)O2. The second-order valence-electron chi connectivity index (χ2n) is 4.21. The predicted octanol–water partition coefficient (Wildman–Crippen LogP) is 2.75. The highest BCUT2D eigenvalue weighted by molar-refractivity contribution is 6.33. The number of halogens is 2. The Labute approximate surface area is 118 Å². The fourth-order valence-electron chi connectivity index (χ4n) is 2.05. The summed E-state index contributed by atoms with van der Waals surface area (Å²) >= 11 is 6.17. The van der Waals surface area contributed by atoms with Crippen molar-refractivity contribution in [1.82, 2.24) is 9.78 Å². The van der Waals surface area contributed by atoms with Gasteiger partial charge < -0.3 is 9.47 Å². The first-order valence-electron chi connectivity index (χ1n) is 5.69. The monoisotopic (exact) mass is 300 g/mol. The summed E-state index contributed by atoms with van der Waals surface area (Å²) in [7, 11) is 1.72. The molecular weight excluding hydrogens is 291 g/mol. The number of fused-ring (bicyclic) bond motifs is 1. The van der Waals surface area contributed by atoms with E-state index in [9.17, 15) is 4.39 Å². The van der Waals surface area contributed by atoms with Crippen LogP contribution in [0.2, 0.25) is 5.02 Å². The van der Waals surface area contributed by atoms with E-state index >= 15 is 0 Å². The largest absolute Gasteiger partial charge is 0.425 e. The average Bonchev–Trinajstić information content (AvgIpc) is 2.90. The number of hydrogen-bond acceptors (Lipinski definition) is 5. The minimum Gasteiger partial charge on any atom is -0.425 e. The lowest BCUT2D eigenvalue weighted by Gasteiger charge is -2.06. The molecule has 0 aliphatic carbocycles. The third-order valence-corrected chi connectivity index (χ3v) is 3.20. The van der Waals surface area contributed by atoms with Gasteiger partial charge >= 0.3 is 6.54 Å². The maximum atomic E-state index is 13.0. The van der Waals surface area contributed by atoms with Crippen LogP contribution < -0.4 is 9.47 Å². The Bertz CT molecular complexity index is 661. The molecule has 1 aliphatic heterocycles. The minimum atomic E-state index is -1.82. The van der Waals surface area contributed by atoms with Gasteiger partial charge in [0.25, 0.3) is 0 Å². The van der Waals surface area contributed by atoms with Crippen molar-refractivity contribution in [2.24, 2.45) is 7.05 Å². The lowest BCUT2D eigenvalue weighted by Crippen LogP contribution is -2.09. The summed E-state index contributed by atoms with van der Waals surface area (Å²) < 4.78 is 24.3. The van der Waals surface area contributed by atoms with Gasteiger partial charge in [0.05, 0.1) is 16.4 Å². The summed E-state index contributed by atoms with van der Waals surface area (Å²) in [5.41, 5.74) is 1.82. The van der Waals surface area contributed by atoms with Crippen molar-refractivity contribution < 1.29 is 24.0 Å². The summed E-state index contributed by atoms with van der Waals surface area (Å²) in [4.78, 5) is 4.05. The molecule has 1 aliphatic rings. The minimum absolute atomic E-state index is 0.0391. The molecule has 0 saturated heterocycles. The molecule has 0 amide bonds. The summed E-state index contributed by atoms with van der Waals surface area (Å²) in [6.45, 7) is -1.86. The van der Waals surface area contributed by atoms with E-state index in [1.165, 1.54) is 6.07 Å². The van der Waals surface area contributed by atoms with E-state index < -0.39 is 6.54 Å². The van der Waals surface area contributed by atoms with Crippen LogP contribution in [0.1, 0.15) is 5.69 Å². The first-order valence-corrected chi connectivity index (χ1v) is 6.07. The topological polar surface area (TPSA) is 65.7 Å². The van der Waals surface area contributed by atoms with Crippen molar-refractivity contribution in [1.29, 1.82) is 0 Å². The number of rotatable bonds is 3. The Balaban J connectivity index is 2.04. The Morgan fingerprint density at radius 2 is 2.10 bits per heavy atom. The van der Waals surface area contributed by atoms with Crippen LogP contribution in [-0.2, 0) is 18.5 Å². The molecule has 1 unspecified atom stereocenters. The number of aryl methyl sites for hydroxylation is 1. The number of aromatic nitrogens is 2. The molecule has 0 saturated carbocycles. The van der Waals surface area contributed by atoms with Gasteiger partial charge in [-0.1, -0.05) is 11.6 Å². The molecule has 106 valence electrons. The number of hydrogen-bond donors (Lipinski definition) is 1. The summed E-state index contributed by atoms with van der Waals surface area (Å²) in [5.74, 6) is 0.533. The number of benzene rings is 1. The predicted molar refractivity (Wildman–Crippen MR) is 67.2 cm³/mol. The van der Waals surface area contributed by atoms with Crippen molar-refractivity contribution in [3.63, 3.8) is 0 Å². The Morgan fingerprint density at radius 1 is 1.40 bits per heavy atom. The fraction of sp³-hybridized carbons (Fsp3) is 0.250. The van der Waals surface area contributed by atoms with Crippen LogP contribution in [0.4, 0.5) is 4.39 Å². The van der Waals surface area contributed by atoms with Crippen molar-refractivity contribution >= 4 is 11.6 Å². The maximum absolute atomic E-state index is 13.0. The van der Waals surface area contributed by atoms with Gasteiger partial charge in [-0.3, -0.25) is 9.94 Å². The first-order chi connectivity index (χ1) is 9.58. The summed E-state index contributed by atoms with van der Waals surface area (Å²) in [5, 5.41) is 13.0. The van der Waals surface area contributed by atoms with E-state index in [2.05, 4.69) is 9.99 Å². The van der Waals surface area contributed by atoms with Gasteiger partial charge in [0, 0.05) is 18.7 Å². The zero-order valence-electron chi connectivity index (χ0n) is 10.3. The molecule has 3 rings (SSSR count). The van der Waals surface area contributed by atoms with Gasteiger partial charge in [-0.05, 0) is 12.1 Å². The van der Waals surface area contributed by atoms with Crippen molar-refractivity contribution in [3.8, 4) is 22.8 Å². The average molecular weight is 301 g/mol. The molecule has 0 bridgehead atoms. The van der Waals surface area contributed by atoms with Gasteiger partial charge in [-0.25, -0.2) is 4.89 Å². The van der Waals surface area contributed by atoms with E-state index in [-0.39, 0.29) is 18.1 Å². The van der Waals surface area contributed by atoms with E-state index in [0.717, 1.165) is 0 Å². The maximum Gasteiger partial charge on any atom is 0.397 e. The van der Waals surface area contributed by atoms with Gasteiger partial charge in [0.1, 0.15) is 6.61 Å². The van der Waals surface area contributed by atoms with Gasteiger partial charge in [0.2, 0.25) is 0 Å². The van der Waals surface area contributed by atoms with Crippen molar-refractivity contribution in [2.45, 2.75) is 13.2 Å². The molecule has 1 atom stereocenters. The molecule has 1 aromatic carbocycles. The third-order valence-electron chi connectivity index (χ3n) is 2.89. The lowest BCUT2D eigenvalue weighted by molar-refractivity contribution is -0.253. The second-order valence-corrected chi connectivity index (χ2v) is 4.61. The highest BCUT2D eigenvalue weighted by Crippen LogP contribution is 2.42. The second kappa shape index (κ2) is 4.93. The van der Waals surface area contributed by atoms with Crippen molar-refractivity contribution in [2.75, 3.05) is 0 Å². The number of nitrogens with zero attached hydrogens (tertiary/aromatic N) is 2. The van der Waals surface area contributed by atoms with Crippen LogP contribution in [0.5, 0.6) is 11.5 Å². The van der Waals surface area contributed by atoms with Gasteiger partial charge in [-0.15, -0.1) is 0 Å². The molecule has 0 fully saturated rings. The van der Waals surface area contributed by atoms with E-state index in [4.69, 9.17) is 26.3 Å². The zero-order valence-corrected chi connectivity index (χ0v) is 11.1. The third kappa shape index (κ3) is 2.20. The van der Waals surface area contributed by atoms with Crippen LogP contribution in [0.25, 0.3) is 11.3 Å². The molecule has 1 aromatic heterocycles. The quantitative estimate of drug-likeness (QED) is 0.697. The molecule has 6 nitrogen and oxygen atoms in total. The standard InChI is InChI=1S/C12H10ClFN2O4/c1-16-9(2-6(15-16)5-18-17)7-3-10-11(4-8(7)13)20-12(14)19-10/h2-4,12,17H,5H2,1H3. The zero-order chi connectivity index (χ0) is 14.3. The molecule has 8 heteroatoms. The van der Waals surface area contributed by atoms with E-state index in [1.54, 1.807) is 23.9 Å².